The first kappa shape index (κ1) is 13.5. The van der Waals surface area contributed by atoms with Crippen molar-refractivity contribution in [3.8, 4) is 0 Å². The molecular formula is C14H19N3O2. The lowest BCUT2D eigenvalue weighted by atomic mass is 10.1. The van der Waals surface area contributed by atoms with Crippen LogP contribution in [0.5, 0.6) is 0 Å². The molecule has 1 aromatic carbocycles. The number of carbonyl (C=O) groups is 2. The van der Waals surface area contributed by atoms with Crippen molar-refractivity contribution < 1.29 is 9.59 Å². The predicted molar refractivity (Wildman–Crippen MR) is 74.1 cm³/mol. The number of carbonyl (C=O) groups excluding carboxylic acids is 2. The normalized spacial score (nSPS) is 18.8. The van der Waals surface area contributed by atoms with E-state index in [0.717, 1.165) is 5.56 Å². The van der Waals surface area contributed by atoms with Crippen LogP contribution in [-0.2, 0) is 4.79 Å². The first-order valence-electron chi connectivity index (χ1n) is 6.40. The van der Waals surface area contributed by atoms with E-state index in [4.69, 9.17) is 5.73 Å². The fourth-order valence-corrected chi connectivity index (χ4v) is 2.49. The summed E-state index contributed by atoms with van der Waals surface area (Å²) in [5, 5.41) is 2.61. The summed E-state index contributed by atoms with van der Waals surface area (Å²) in [4.78, 5) is 25.7. The van der Waals surface area contributed by atoms with Gasteiger partial charge in [0, 0.05) is 20.0 Å². The minimum atomic E-state index is -0.178. The summed E-state index contributed by atoms with van der Waals surface area (Å²) in [6, 6.07) is 5.47. The molecule has 1 heterocycles. The van der Waals surface area contributed by atoms with Gasteiger partial charge in [-0.1, -0.05) is 12.1 Å². The number of nitrogens with zero attached hydrogens (tertiary/aromatic N) is 1. The van der Waals surface area contributed by atoms with Crippen LogP contribution in [0.25, 0.3) is 0 Å². The molecule has 1 aromatic rings. The van der Waals surface area contributed by atoms with Crippen LogP contribution in [0.2, 0.25) is 0 Å². The zero-order valence-electron chi connectivity index (χ0n) is 11.3. The van der Waals surface area contributed by atoms with Crippen LogP contribution in [-0.4, -0.2) is 32.0 Å². The van der Waals surface area contributed by atoms with Crippen molar-refractivity contribution in [1.82, 2.24) is 5.32 Å². The van der Waals surface area contributed by atoms with Crippen LogP contribution in [0.3, 0.4) is 0 Å². The molecule has 0 saturated carbocycles. The van der Waals surface area contributed by atoms with Gasteiger partial charge in [-0.25, -0.2) is 0 Å². The lowest BCUT2D eigenvalue weighted by molar-refractivity contribution is -0.117. The van der Waals surface area contributed by atoms with Gasteiger partial charge in [-0.05, 0) is 31.0 Å². The lowest BCUT2D eigenvalue weighted by Gasteiger charge is -2.22. The van der Waals surface area contributed by atoms with E-state index in [0.29, 0.717) is 30.8 Å². The van der Waals surface area contributed by atoms with Gasteiger partial charge in [0.25, 0.3) is 5.91 Å². The molecule has 1 atom stereocenters. The van der Waals surface area contributed by atoms with Crippen molar-refractivity contribution in [3.63, 3.8) is 0 Å². The topological polar surface area (TPSA) is 75.4 Å². The summed E-state index contributed by atoms with van der Waals surface area (Å²) >= 11 is 0. The highest BCUT2D eigenvalue weighted by Crippen LogP contribution is 2.30. The number of anilines is 1. The number of benzene rings is 1. The fourth-order valence-electron chi connectivity index (χ4n) is 2.49. The van der Waals surface area contributed by atoms with Gasteiger partial charge in [-0.2, -0.15) is 0 Å². The van der Waals surface area contributed by atoms with Crippen LogP contribution >= 0.6 is 0 Å². The van der Waals surface area contributed by atoms with Gasteiger partial charge >= 0.3 is 0 Å². The maximum absolute atomic E-state index is 12.1. The Morgan fingerprint density at radius 3 is 2.84 bits per heavy atom. The Bertz CT molecular complexity index is 513. The van der Waals surface area contributed by atoms with E-state index < -0.39 is 0 Å². The van der Waals surface area contributed by atoms with E-state index in [1.807, 2.05) is 19.1 Å². The average molecular weight is 261 g/mol. The number of para-hydroxylation sites is 1. The zero-order chi connectivity index (χ0) is 14.0. The Hall–Kier alpha value is -1.88. The summed E-state index contributed by atoms with van der Waals surface area (Å²) in [6.45, 7) is 2.98. The highest BCUT2D eigenvalue weighted by Gasteiger charge is 2.32. The molecule has 2 amide bonds. The lowest BCUT2D eigenvalue weighted by Crippen LogP contribution is -2.30. The van der Waals surface area contributed by atoms with Crippen LogP contribution in [0.4, 0.5) is 5.69 Å². The van der Waals surface area contributed by atoms with E-state index in [1.165, 1.54) is 0 Å². The van der Waals surface area contributed by atoms with Crippen molar-refractivity contribution in [2.75, 3.05) is 25.0 Å². The summed E-state index contributed by atoms with van der Waals surface area (Å²) in [5.74, 6) is 0.0299. The van der Waals surface area contributed by atoms with E-state index in [-0.39, 0.29) is 17.7 Å². The molecule has 1 fully saturated rings. The Morgan fingerprint density at radius 2 is 2.26 bits per heavy atom. The van der Waals surface area contributed by atoms with Crippen molar-refractivity contribution in [2.45, 2.75) is 13.3 Å². The summed E-state index contributed by atoms with van der Waals surface area (Å²) in [6.07, 6.45) is 0.456. The van der Waals surface area contributed by atoms with Gasteiger partial charge < -0.3 is 16.0 Å². The van der Waals surface area contributed by atoms with E-state index in [2.05, 4.69) is 5.32 Å². The largest absolute Gasteiger partial charge is 0.355 e. The maximum atomic E-state index is 12.1. The number of nitrogens with two attached hydrogens (primary N) is 1. The number of amides is 2. The van der Waals surface area contributed by atoms with Gasteiger partial charge in [0.05, 0.1) is 11.3 Å². The molecule has 1 saturated heterocycles. The van der Waals surface area contributed by atoms with E-state index >= 15 is 0 Å². The molecule has 5 heteroatoms. The predicted octanol–water partition coefficient (Wildman–Crippen LogP) is 0.666. The van der Waals surface area contributed by atoms with Crippen LogP contribution in [0, 0.1) is 12.8 Å². The number of hydrogen-bond donors (Lipinski definition) is 2. The van der Waals surface area contributed by atoms with Gasteiger partial charge in [0.15, 0.2) is 0 Å². The Balaban J connectivity index is 2.44. The quantitative estimate of drug-likeness (QED) is 0.839. The van der Waals surface area contributed by atoms with Crippen LogP contribution in [0.15, 0.2) is 18.2 Å². The first-order valence-corrected chi connectivity index (χ1v) is 6.40. The van der Waals surface area contributed by atoms with Crippen LogP contribution in [0.1, 0.15) is 22.3 Å². The molecule has 5 nitrogen and oxygen atoms in total. The van der Waals surface area contributed by atoms with Crippen molar-refractivity contribution in [1.29, 1.82) is 0 Å². The fraction of sp³-hybridized carbons (Fsp3) is 0.429. The summed E-state index contributed by atoms with van der Waals surface area (Å²) in [7, 11) is 1.59. The molecule has 0 spiro atoms. The zero-order valence-corrected chi connectivity index (χ0v) is 11.3. The highest BCUT2D eigenvalue weighted by molar-refractivity contribution is 6.06. The van der Waals surface area contributed by atoms with Crippen LogP contribution < -0.4 is 16.0 Å². The number of rotatable bonds is 3. The second kappa shape index (κ2) is 5.40. The maximum Gasteiger partial charge on any atom is 0.253 e. The van der Waals surface area contributed by atoms with Crippen molar-refractivity contribution in [2.24, 2.45) is 11.7 Å². The molecule has 102 valence electrons. The molecular weight excluding hydrogens is 242 g/mol. The Labute approximate surface area is 112 Å². The molecule has 0 aromatic heterocycles. The van der Waals surface area contributed by atoms with Gasteiger partial charge in [0.2, 0.25) is 5.91 Å². The van der Waals surface area contributed by atoms with Gasteiger partial charge in [-0.15, -0.1) is 0 Å². The molecule has 0 aliphatic carbocycles. The molecule has 1 aliphatic heterocycles. The highest BCUT2D eigenvalue weighted by atomic mass is 16.2. The molecule has 0 bridgehead atoms. The monoisotopic (exact) mass is 261 g/mol. The Morgan fingerprint density at radius 1 is 1.53 bits per heavy atom. The number of nitrogens with one attached hydrogen (secondary N) is 1. The molecule has 0 radical (unpaired) electrons. The van der Waals surface area contributed by atoms with E-state index in [1.54, 1.807) is 18.0 Å². The molecule has 19 heavy (non-hydrogen) atoms. The molecule has 1 unspecified atom stereocenters. The number of hydrogen-bond acceptors (Lipinski definition) is 3. The van der Waals surface area contributed by atoms with Gasteiger partial charge in [0.1, 0.15) is 0 Å². The standard InChI is InChI=1S/C14H19N3O2/c1-9-4-3-5-11(14(19)16-2)13(9)17-8-10(7-15)6-12(17)18/h3-5,10H,6-8,15H2,1-2H3,(H,16,19). The summed E-state index contributed by atoms with van der Waals surface area (Å²) in [5.41, 5.74) is 7.81. The SMILES string of the molecule is CNC(=O)c1cccc(C)c1N1CC(CN)CC1=O. The minimum absolute atomic E-state index is 0.0369. The second-order valence-electron chi connectivity index (χ2n) is 4.86. The van der Waals surface area contributed by atoms with E-state index in [9.17, 15) is 9.59 Å². The average Bonchev–Trinajstić information content (AvgIpc) is 2.78. The third kappa shape index (κ3) is 2.46. The third-order valence-corrected chi connectivity index (χ3v) is 3.52. The third-order valence-electron chi connectivity index (χ3n) is 3.52. The smallest absolute Gasteiger partial charge is 0.253 e. The van der Waals surface area contributed by atoms with Gasteiger partial charge in [-0.3, -0.25) is 9.59 Å². The molecule has 2 rings (SSSR count). The minimum Gasteiger partial charge on any atom is -0.355 e. The number of aryl methyl sites for hydroxylation is 1. The second-order valence-corrected chi connectivity index (χ2v) is 4.86. The molecule has 1 aliphatic rings. The molecule has 3 N–H and O–H groups in total. The Kier molecular flexibility index (Phi) is 3.85. The first-order chi connectivity index (χ1) is 9.08. The van der Waals surface area contributed by atoms with Crippen molar-refractivity contribution >= 4 is 17.5 Å². The van der Waals surface area contributed by atoms with Crippen molar-refractivity contribution in [3.05, 3.63) is 29.3 Å². The summed E-state index contributed by atoms with van der Waals surface area (Å²) < 4.78 is 0.